The second kappa shape index (κ2) is 12.2. The molecule has 0 heterocycles. The summed E-state index contributed by atoms with van der Waals surface area (Å²) in [7, 11) is 0. The average molecular weight is 455 g/mol. The summed E-state index contributed by atoms with van der Waals surface area (Å²) in [4.78, 5) is 0. The number of benzene rings is 3. The summed E-state index contributed by atoms with van der Waals surface area (Å²) in [5, 5.41) is 1.64. The van der Waals surface area contributed by atoms with E-state index in [-0.39, 0.29) is 5.82 Å². The molecular formula is C33H39F. The Kier molecular flexibility index (Phi) is 8.81. The van der Waals surface area contributed by atoms with Crippen LogP contribution in [0.2, 0.25) is 0 Å². The van der Waals surface area contributed by atoms with Crippen molar-refractivity contribution in [3.05, 3.63) is 82.7 Å². The van der Waals surface area contributed by atoms with Crippen molar-refractivity contribution in [2.45, 2.75) is 90.4 Å². The standard InChI is InChI=1S/C33H39F/c1-3-5-6-7-8-9-27-15-23-32-31(24-27)22-21-30(33(32)34)20-14-26-12-18-29(19-13-26)28-16-10-25(4-2)11-17-28/h12-13,15,18-19,21-25,28H,3-11,16-17H2,1-2H3. The smallest absolute Gasteiger partial charge is 0.146 e. The van der Waals surface area contributed by atoms with Crippen molar-refractivity contribution >= 4 is 10.8 Å². The molecule has 0 radical (unpaired) electrons. The Morgan fingerprint density at radius 3 is 2.29 bits per heavy atom. The SMILES string of the molecule is CCCCCCCc1ccc2c(F)c(C#Cc3ccc(C4CCC(CC)CC4)cc3)ccc2c1. The van der Waals surface area contributed by atoms with Crippen LogP contribution in [0.25, 0.3) is 10.8 Å². The lowest BCUT2D eigenvalue weighted by molar-refractivity contribution is 0.319. The van der Waals surface area contributed by atoms with Crippen LogP contribution < -0.4 is 0 Å². The highest BCUT2D eigenvalue weighted by molar-refractivity contribution is 5.85. The van der Waals surface area contributed by atoms with E-state index in [9.17, 15) is 0 Å². The summed E-state index contributed by atoms with van der Waals surface area (Å²) < 4.78 is 15.2. The molecule has 0 unspecified atom stereocenters. The summed E-state index contributed by atoms with van der Waals surface area (Å²) in [5.74, 6) is 7.65. The number of unbranched alkanes of at least 4 members (excludes halogenated alkanes) is 4. The second-order valence-electron chi connectivity index (χ2n) is 10.1. The van der Waals surface area contributed by atoms with E-state index in [2.05, 4.69) is 62.1 Å². The van der Waals surface area contributed by atoms with Crippen LogP contribution in [0.4, 0.5) is 4.39 Å². The highest BCUT2D eigenvalue weighted by Crippen LogP contribution is 2.36. The molecule has 1 aliphatic rings. The quantitative estimate of drug-likeness (QED) is 0.235. The summed E-state index contributed by atoms with van der Waals surface area (Å²) >= 11 is 0. The number of hydrogen-bond donors (Lipinski definition) is 0. The van der Waals surface area contributed by atoms with Crippen LogP contribution in [-0.2, 0) is 6.42 Å². The molecule has 0 nitrogen and oxygen atoms in total. The zero-order valence-electron chi connectivity index (χ0n) is 21.0. The van der Waals surface area contributed by atoms with Gasteiger partial charge in [-0.3, -0.25) is 0 Å². The minimum Gasteiger partial charge on any atom is -0.205 e. The van der Waals surface area contributed by atoms with E-state index >= 15 is 4.39 Å². The molecule has 1 heteroatoms. The fraction of sp³-hybridized carbons (Fsp3) is 0.455. The topological polar surface area (TPSA) is 0 Å². The van der Waals surface area contributed by atoms with Gasteiger partial charge < -0.3 is 0 Å². The van der Waals surface area contributed by atoms with Crippen molar-refractivity contribution < 1.29 is 4.39 Å². The van der Waals surface area contributed by atoms with Crippen LogP contribution in [-0.4, -0.2) is 0 Å². The maximum absolute atomic E-state index is 15.2. The Morgan fingerprint density at radius 2 is 1.56 bits per heavy atom. The fourth-order valence-electron chi connectivity index (χ4n) is 5.41. The van der Waals surface area contributed by atoms with Gasteiger partial charge in [-0.05, 0) is 85.1 Å². The zero-order valence-corrected chi connectivity index (χ0v) is 21.0. The number of fused-ring (bicyclic) bond motifs is 1. The van der Waals surface area contributed by atoms with E-state index in [0.29, 0.717) is 16.9 Å². The average Bonchev–Trinajstić information content (AvgIpc) is 2.88. The van der Waals surface area contributed by atoms with Gasteiger partial charge in [0.05, 0.1) is 5.56 Å². The Bertz CT molecular complexity index is 1120. The third-order valence-electron chi connectivity index (χ3n) is 7.74. The van der Waals surface area contributed by atoms with Crippen LogP contribution in [0.1, 0.15) is 106 Å². The number of hydrogen-bond acceptors (Lipinski definition) is 0. The molecule has 1 aliphatic carbocycles. The monoisotopic (exact) mass is 454 g/mol. The third kappa shape index (κ3) is 6.29. The normalized spacial score (nSPS) is 18.0. The van der Waals surface area contributed by atoms with Crippen LogP contribution in [0.5, 0.6) is 0 Å². The van der Waals surface area contributed by atoms with E-state index in [1.54, 1.807) is 0 Å². The Morgan fingerprint density at radius 1 is 0.794 bits per heavy atom. The minimum atomic E-state index is -0.205. The highest BCUT2D eigenvalue weighted by Gasteiger charge is 2.21. The molecule has 0 spiro atoms. The van der Waals surface area contributed by atoms with Gasteiger partial charge in [0.1, 0.15) is 5.82 Å². The molecule has 3 aromatic rings. The number of aryl methyl sites for hydroxylation is 1. The molecule has 0 amide bonds. The zero-order chi connectivity index (χ0) is 23.8. The highest BCUT2D eigenvalue weighted by atomic mass is 19.1. The predicted molar refractivity (Wildman–Crippen MR) is 144 cm³/mol. The molecule has 1 fully saturated rings. The first-order valence-electron chi connectivity index (χ1n) is 13.5. The van der Waals surface area contributed by atoms with Crippen molar-refractivity contribution in [1.29, 1.82) is 0 Å². The largest absolute Gasteiger partial charge is 0.205 e. The molecule has 0 bridgehead atoms. The van der Waals surface area contributed by atoms with Gasteiger partial charge >= 0.3 is 0 Å². The van der Waals surface area contributed by atoms with Crippen molar-refractivity contribution in [1.82, 2.24) is 0 Å². The second-order valence-corrected chi connectivity index (χ2v) is 10.1. The molecular weight excluding hydrogens is 415 g/mol. The summed E-state index contributed by atoms with van der Waals surface area (Å²) in [5.41, 5.74) is 4.15. The molecule has 178 valence electrons. The van der Waals surface area contributed by atoms with E-state index in [0.717, 1.165) is 23.3 Å². The first-order valence-corrected chi connectivity index (χ1v) is 13.5. The molecule has 0 aromatic heterocycles. The molecule has 0 N–H and O–H groups in total. The van der Waals surface area contributed by atoms with Gasteiger partial charge in [0.2, 0.25) is 0 Å². The van der Waals surface area contributed by atoms with E-state index in [1.165, 1.54) is 75.3 Å². The van der Waals surface area contributed by atoms with Crippen LogP contribution in [0.3, 0.4) is 0 Å². The molecule has 0 atom stereocenters. The van der Waals surface area contributed by atoms with E-state index < -0.39 is 0 Å². The van der Waals surface area contributed by atoms with Crippen LogP contribution >= 0.6 is 0 Å². The number of rotatable bonds is 8. The van der Waals surface area contributed by atoms with Crippen LogP contribution in [0.15, 0.2) is 54.6 Å². The Hall–Kier alpha value is -2.59. The lowest BCUT2D eigenvalue weighted by Gasteiger charge is -2.28. The molecule has 0 saturated heterocycles. The van der Waals surface area contributed by atoms with Gasteiger partial charge in [-0.25, -0.2) is 4.39 Å². The van der Waals surface area contributed by atoms with Gasteiger partial charge in [0.25, 0.3) is 0 Å². The lowest BCUT2D eigenvalue weighted by atomic mass is 9.78. The van der Waals surface area contributed by atoms with Gasteiger partial charge in [-0.1, -0.05) is 94.2 Å². The van der Waals surface area contributed by atoms with Crippen molar-refractivity contribution in [3.8, 4) is 11.8 Å². The lowest BCUT2D eigenvalue weighted by Crippen LogP contribution is -2.12. The molecule has 1 saturated carbocycles. The van der Waals surface area contributed by atoms with Crippen molar-refractivity contribution in [2.75, 3.05) is 0 Å². The first kappa shape index (κ1) is 24.5. The molecule has 0 aliphatic heterocycles. The summed E-state index contributed by atoms with van der Waals surface area (Å²) in [6.07, 6.45) is 14.1. The van der Waals surface area contributed by atoms with Crippen LogP contribution in [0, 0.1) is 23.6 Å². The third-order valence-corrected chi connectivity index (χ3v) is 7.74. The fourth-order valence-corrected chi connectivity index (χ4v) is 5.41. The maximum atomic E-state index is 15.2. The van der Waals surface area contributed by atoms with E-state index in [1.807, 2.05) is 18.2 Å². The maximum Gasteiger partial charge on any atom is 0.146 e. The first-order chi connectivity index (χ1) is 16.7. The molecule has 4 rings (SSSR count). The van der Waals surface area contributed by atoms with Gasteiger partial charge in [0.15, 0.2) is 0 Å². The minimum absolute atomic E-state index is 0.205. The summed E-state index contributed by atoms with van der Waals surface area (Å²) in [6, 6.07) is 18.6. The van der Waals surface area contributed by atoms with Gasteiger partial charge in [0, 0.05) is 10.9 Å². The Balaban J connectivity index is 1.41. The predicted octanol–water partition coefficient (Wildman–Crippen LogP) is 9.58. The Labute approximate surface area is 206 Å². The number of halogens is 1. The van der Waals surface area contributed by atoms with Gasteiger partial charge in [-0.2, -0.15) is 0 Å². The van der Waals surface area contributed by atoms with Crippen molar-refractivity contribution in [2.24, 2.45) is 5.92 Å². The van der Waals surface area contributed by atoms with Gasteiger partial charge in [-0.15, -0.1) is 0 Å². The molecule has 3 aromatic carbocycles. The summed E-state index contributed by atoms with van der Waals surface area (Å²) in [6.45, 7) is 4.55. The van der Waals surface area contributed by atoms with Crippen molar-refractivity contribution in [3.63, 3.8) is 0 Å². The van der Waals surface area contributed by atoms with E-state index in [4.69, 9.17) is 0 Å². The molecule has 34 heavy (non-hydrogen) atoms.